The Morgan fingerprint density at radius 1 is 1.64 bits per heavy atom. The summed E-state index contributed by atoms with van der Waals surface area (Å²) in [6, 6.07) is 0. The molecule has 0 aliphatic carbocycles. The van der Waals surface area contributed by atoms with E-state index < -0.39 is 0 Å². The third kappa shape index (κ3) is 3.27. The first-order chi connectivity index (χ1) is 6.77. The first kappa shape index (κ1) is 11.5. The summed E-state index contributed by atoms with van der Waals surface area (Å²) in [4.78, 5) is 13.5. The Hall–Kier alpha value is -0.610. The summed E-state index contributed by atoms with van der Waals surface area (Å²) in [5.74, 6) is 0.688. The minimum atomic E-state index is 0.106. The monoisotopic (exact) mass is 200 g/mol. The van der Waals surface area contributed by atoms with Crippen LogP contribution in [-0.4, -0.2) is 50.7 Å². The van der Waals surface area contributed by atoms with E-state index in [1.165, 1.54) is 0 Å². The molecule has 0 aromatic rings. The van der Waals surface area contributed by atoms with Gasteiger partial charge >= 0.3 is 0 Å². The van der Waals surface area contributed by atoms with E-state index in [0.717, 1.165) is 32.6 Å². The molecular weight excluding hydrogens is 180 g/mol. The molecule has 1 aliphatic rings. The standard InChI is InChI=1S/C10H20N2O2/c1-3-9-6-11-4-5-12(7-9)10(13)8-14-2/h9,11H,3-8H2,1-2H3. The Balaban J connectivity index is 2.45. The number of carbonyl (C=O) groups excluding carboxylic acids is 1. The maximum Gasteiger partial charge on any atom is 0.248 e. The van der Waals surface area contributed by atoms with Crippen LogP contribution in [0.25, 0.3) is 0 Å². The van der Waals surface area contributed by atoms with Gasteiger partial charge in [-0.3, -0.25) is 4.79 Å². The first-order valence-corrected chi connectivity index (χ1v) is 5.25. The van der Waals surface area contributed by atoms with Crippen molar-refractivity contribution in [2.24, 2.45) is 5.92 Å². The van der Waals surface area contributed by atoms with Gasteiger partial charge in [0.05, 0.1) is 0 Å². The van der Waals surface area contributed by atoms with Crippen molar-refractivity contribution < 1.29 is 9.53 Å². The lowest BCUT2D eigenvalue weighted by Crippen LogP contribution is -2.38. The van der Waals surface area contributed by atoms with Crippen LogP contribution in [-0.2, 0) is 9.53 Å². The van der Waals surface area contributed by atoms with Crippen molar-refractivity contribution in [2.75, 3.05) is 39.9 Å². The van der Waals surface area contributed by atoms with Gasteiger partial charge < -0.3 is 15.0 Å². The van der Waals surface area contributed by atoms with Crippen LogP contribution in [0, 0.1) is 5.92 Å². The highest BCUT2D eigenvalue weighted by Gasteiger charge is 2.20. The molecule has 82 valence electrons. The van der Waals surface area contributed by atoms with Crippen LogP contribution in [0.1, 0.15) is 13.3 Å². The predicted molar refractivity (Wildman–Crippen MR) is 55.1 cm³/mol. The summed E-state index contributed by atoms with van der Waals surface area (Å²) >= 11 is 0. The van der Waals surface area contributed by atoms with E-state index in [1.807, 2.05) is 4.90 Å². The molecule has 4 heteroatoms. The molecule has 0 radical (unpaired) electrons. The summed E-state index contributed by atoms with van der Waals surface area (Å²) < 4.78 is 4.85. The van der Waals surface area contributed by atoms with Gasteiger partial charge in [-0.05, 0) is 12.5 Å². The van der Waals surface area contributed by atoms with Gasteiger partial charge in [0.1, 0.15) is 6.61 Å². The molecule has 0 bridgehead atoms. The molecule has 1 atom stereocenters. The Labute approximate surface area is 85.6 Å². The van der Waals surface area contributed by atoms with Gasteiger partial charge in [0.2, 0.25) is 5.91 Å². The van der Waals surface area contributed by atoms with E-state index in [4.69, 9.17) is 4.74 Å². The maximum absolute atomic E-state index is 11.6. The fourth-order valence-electron chi connectivity index (χ4n) is 1.70. The van der Waals surface area contributed by atoms with Crippen LogP contribution in [0.3, 0.4) is 0 Å². The van der Waals surface area contributed by atoms with Gasteiger partial charge in [-0.1, -0.05) is 13.3 Å². The van der Waals surface area contributed by atoms with E-state index in [0.29, 0.717) is 5.92 Å². The van der Waals surface area contributed by atoms with Crippen LogP contribution in [0.2, 0.25) is 0 Å². The molecular formula is C10H20N2O2. The highest BCUT2D eigenvalue weighted by molar-refractivity contribution is 5.77. The number of ether oxygens (including phenoxy) is 1. The number of nitrogens with one attached hydrogen (secondary N) is 1. The third-order valence-electron chi connectivity index (χ3n) is 2.67. The Kier molecular flexibility index (Phi) is 4.90. The molecule has 1 unspecified atom stereocenters. The van der Waals surface area contributed by atoms with Crippen molar-refractivity contribution in [1.29, 1.82) is 0 Å². The second kappa shape index (κ2) is 5.98. The molecule has 0 saturated carbocycles. The third-order valence-corrected chi connectivity index (χ3v) is 2.67. The number of hydrogen-bond acceptors (Lipinski definition) is 3. The summed E-state index contributed by atoms with van der Waals surface area (Å²) in [7, 11) is 1.56. The van der Waals surface area contributed by atoms with E-state index >= 15 is 0 Å². The van der Waals surface area contributed by atoms with Gasteiger partial charge in [-0.25, -0.2) is 0 Å². The van der Waals surface area contributed by atoms with Crippen molar-refractivity contribution >= 4 is 5.91 Å². The molecule has 14 heavy (non-hydrogen) atoms. The van der Waals surface area contributed by atoms with Gasteiger partial charge in [-0.2, -0.15) is 0 Å². The zero-order valence-electron chi connectivity index (χ0n) is 9.08. The molecule has 0 aromatic heterocycles. The molecule has 1 fully saturated rings. The van der Waals surface area contributed by atoms with Crippen LogP contribution in [0.15, 0.2) is 0 Å². The number of carbonyl (C=O) groups is 1. The van der Waals surface area contributed by atoms with Gasteiger partial charge in [-0.15, -0.1) is 0 Å². The molecule has 1 heterocycles. The van der Waals surface area contributed by atoms with Gasteiger partial charge in [0.15, 0.2) is 0 Å². The number of hydrogen-bond donors (Lipinski definition) is 1. The van der Waals surface area contributed by atoms with Crippen molar-refractivity contribution in [3.05, 3.63) is 0 Å². The van der Waals surface area contributed by atoms with Crippen molar-refractivity contribution in [3.63, 3.8) is 0 Å². The quantitative estimate of drug-likeness (QED) is 0.702. The number of rotatable bonds is 3. The Morgan fingerprint density at radius 3 is 3.07 bits per heavy atom. The molecule has 1 rings (SSSR count). The van der Waals surface area contributed by atoms with Gasteiger partial charge in [0, 0.05) is 26.7 Å². The number of amides is 1. The topological polar surface area (TPSA) is 41.6 Å². The summed E-state index contributed by atoms with van der Waals surface area (Å²) in [5, 5.41) is 3.34. The maximum atomic E-state index is 11.6. The van der Waals surface area contributed by atoms with E-state index in [1.54, 1.807) is 7.11 Å². The normalized spacial score (nSPS) is 23.3. The SMILES string of the molecule is CCC1CNCCN(C(=O)COC)C1. The first-order valence-electron chi connectivity index (χ1n) is 5.25. The largest absolute Gasteiger partial charge is 0.375 e. The lowest BCUT2D eigenvalue weighted by atomic mass is 10.1. The lowest BCUT2D eigenvalue weighted by molar-refractivity contribution is -0.135. The van der Waals surface area contributed by atoms with Gasteiger partial charge in [0.25, 0.3) is 0 Å². The lowest BCUT2D eigenvalue weighted by Gasteiger charge is -2.22. The highest BCUT2D eigenvalue weighted by Crippen LogP contribution is 2.07. The van der Waals surface area contributed by atoms with Crippen LogP contribution in [0.4, 0.5) is 0 Å². The second-order valence-electron chi connectivity index (χ2n) is 3.75. The molecule has 0 aromatic carbocycles. The molecule has 1 aliphatic heterocycles. The highest BCUT2D eigenvalue weighted by atomic mass is 16.5. The summed E-state index contributed by atoms with van der Waals surface area (Å²) in [5.41, 5.74) is 0. The average molecular weight is 200 g/mol. The van der Waals surface area contributed by atoms with Crippen LogP contribution >= 0.6 is 0 Å². The number of nitrogens with zero attached hydrogens (tertiary/aromatic N) is 1. The predicted octanol–water partition coefficient (Wildman–Crippen LogP) is 0.0908. The van der Waals surface area contributed by atoms with E-state index in [2.05, 4.69) is 12.2 Å². The zero-order chi connectivity index (χ0) is 10.4. The average Bonchev–Trinajstić information content (AvgIpc) is 2.43. The molecule has 1 amide bonds. The molecule has 4 nitrogen and oxygen atoms in total. The minimum Gasteiger partial charge on any atom is -0.375 e. The van der Waals surface area contributed by atoms with Crippen molar-refractivity contribution in [2.45, 2.75) is 13.3 Å². The zero-order valence-corrected chi connectivity index (χ0v) is 9.08. The van der Waals surface area contributed by atoms with E-state index in [9.17, 15) is 4.79 Å². The fourth-order valence-corrected chi connectivity index (χ4v) is 1.70. The van der Waals surface area contributed by atoms with Crippen molar-refractivity contribution in [3.8, 4) is 0 Å². The summed E-state index contributed by atoms with van der Waals surface area (Å²) in [6.07, 6.45) is 1.11. The van der Waals surface area contributed by atoms with Crippen LogP contribution < -0.4 is 5.32 Å². The molecule has 1 N–H and O–H groups in total. The molecule has 1 saturated heterocycles. The Bertz CT molecular complexity index is 185. The van der Waals surface area contributed by atoms with E-state index in [-0.39, 0.29) is 12.5 Å². The molecule has 0 spiro atoms. The van der Waals surface area contributed by atoms with Crippen molar-refractivity contribution in [1.82, 2.24) is 10.2 Å². The smallest absolute Gasteiger partial charge is 0.248 e. The fraction of sp³-hybridized carbons (Fsp3) is 0.900. The van der Waals surface area contributed by atoms with Crippen LogP contribution in [0.5, 0.6) is 0 Å². The minimum absolute atomic E-state index is 0.106. The second-order valence-corrected chi connectivity index (χ2v) is 3.75. The summed E-state index contributed by atoms with van der Waals surface area (Å²) in [6.45, 7) is 5.96. The number of methoxy groups -OCH3 is 1. The Morgan fingerprint density at radius 2 is 2.43 bits per heavy atom.